The summed E-state index contributed by atoms with van der Waals surface area (Å²) in [6.07, 6.45) is 0. The van der Waals surface area contributed by atoms with E-state index in [-0.39, 0.29) is 6.04 Å². The molecule has 3 rings (SSSR count). The van der Waals surface area contributed by atoms with Gasteiger partial charge in [0.2, 0.25) is 0 Å². The maximum Gasteiger partial charge on any atom is 0.134 e. The van der Waals surface area contributed by atoms with E-state index < -0.39 is 0 Å². The summed E-state index contributed by atoms with van der Waals surface area (Å²) in [5.74, 6) is 1.03. The Balaban J connectivity index is 1.78. The van der Waals surface area contributed by atoms with Crippen molar-refractivity contribution in [2.24, 2.45) is 0 Å². The lowest BCUT2D eigenvalue weighted by atomic mass is 10.1. The van der Waals surface area contributed by atoms with Crippen molar-refractivity contribution in [1.29, 1.82) is 0 Å². The minimum Gasteiger partial charge on any atom is -0.459 e. The van der Waals surface area contributed by atoms with Gasteiger partial charge in [-0.05, 0) is 47.5 Å². The lowest BCUT2D eigenvalue weighted by Crippen LogP contribution is -2.17. The van der Waals surface area contributed by atoms with Crippen LogP contribution in [0, 0.1) is 6.92 Å². The van der Waals surface area contributed by atoms with Crippen LogP contribution in [0.25, 0.3) is 11.0 Å². The van der Waals surface area contributed by atoms with Crippen LogP contribution >= 0.6 is 27.3 Å². The number of para-hydroxylation sites is 1. The van der Waals surface area contributed by atoms with Gasteiger partial charge in [-0.15, -0.1) is 11.3 Å². The molecular formula is C16H16BrNOS. The molecule has 3 aromatic rings. The second-order valence-corrected chi connectivity index (χ2v) is 6.83. The molecule has 1 aromatic carbocycles. The van der Waals surface area contributed by atoms with Gasteiger partial charge in [0, 0.05) is 26.7 Å². The number of hydrogen-bond donors (Lipinski definition) is 1. The summed E-state index contributed by atoms with van der Waals surface area (Å²) in [6, 6.07) is 10.5. The molecule has 2 aromatic heterocycles. The van der Waals surface area contributed by atoms with Gasteiger partial charge in [0.1, 0.15) is 11.3 Å². The van der Waals surface area contributed by atoms with Gasteiger partial charge in [-0.3, -0.25) is 0 Å². The van der Waals surface area contributed by atoms with Gasteiger partial charge in [-0.25, -0.2) is 0 Å². The van der Waals surface area contributed by atoms with Crippen LogP contribution in [0.2, 0.25) is 0 Å². The summed E-state index contributed by atoms with van der Waals surface area (Å²) in [7, 11) is 0. The fourth-order valence-corrected chi connectivity index (χ4v) is 3.80. The summed E-state index contributed by atoms with van der Waals surface area (Å²) >= 11 is 5.24. The van der Waals surface area contributed by atoms with Gasteiger partial charge >= 0.3 is 0 Å². The molecule has 1 unspecified atom stereocenters. The van der Waals surface area contributed by atoms with E-state index >= 15 is 0 Å². The lowest BCUT2D eigenvalue weighted by Gasteiger charge is -2.11. The van der Waals surface area contributed by atoms with E-state index in [2.05, 4.69) is 58.7 Å². The number of furan rings is 1. The third-order valence-electron chi connectivity index (χ3n) is 3.48. The zero-order valence-corrected chi connectivity index (χ0v) is 13.8. The minimum absolute atomic E-state index is 0.197. The molecule has 0 saturated heterocycles. The van der Waals surface area contributed by atoms with Gasteiger partial charge in [0.15, 0.2) is 0 Å². The number of halogens is 1. The Morgan fingerprint density at radius 2 is 2.15 bits per heavy atom. The largest absolute Gasteiger partial charge is 0.459 e. The van der Waals surface area contributed by atoms with Crippen molar-refractivity contribution in [3.05, 3.63) is 56.4 Å². The summed E-state index contributed by atoms with van der Waals surface area (Å²) < 4.78 is 7.13. The molecule has 0 saturated carbocycles. The number of aryl methyl sites for hydroxylation is 1. The quantitative estimate of drug-likeness (QED) is 0.680. The molecule has 2 heterocycles. The third-order valence-corrected chi connectivity index (χ3v) is 5.18. The van der Waals surface area contributed by atoms with Crippen molar-refractivity contribution < 1.29 is 4.42 Å². The predicted octanol–water partition coefficient (Wildman–Crippen LogP) is 5.42. The fraction of sp³-hybridized carbons (Fsp3) is 0.250. The van der Waals surface area contributed by atoms with Crippen LogP contribution in [0.15, 0.2) is 44.6 Å². The second-order valence-electron chi connectivity index (χ2n) is 4.92. The highest BCUT2D eigenvalue weighted by Crippen LogP contribution is 2.29. The molecule has 1 N–H and O–H groups in total. The van der Waals surface area contributed by atoms with E-state index in [9.17, 15) is 0 Å². The average molecular weight is 350 g/mol. The lowest BCUT2D eigenvalue weighted by molar-refractivity contribution is 0.449. The molecule has 2 nitrogen and oxygen atoms in total. The van der Waals surface area contributed by atoms with Crippen LogP contribution in [-0.4, -0.2) is 0 Å². The smallest absolute Gasteiger partial charge is 0.134 e. The van der Waals surface area contributed by atoms with E-state index in [1.807, 2.05) is 12.1 Å². The van der Waals surface area contributed by atoms with Gasteiger partial charge in [0.25, 0.3) is 0 Å². The molecule has 20 heavy (non-hydrogen) atoms. The van der Waals surface area contributed by atoms with E-state index in [1.54, 1.807) is 11.3 Å². The van der Waals surface area contributed by atoms with Crippen molar-refractivity contribution in [2.45, 2.75) is 26.4 Å². The number of thiophene rings is 1. The fourth-order valence-electron chi connectivity index (χ4n) is 2.40. The number of rotatable bonds is 4. The van der Waals surface area contributed by atoms with Crippen molar-refractivity contribution in [1.82, 2.24) is 5.32 Å². The molecule has 0 aliphatic rings. The number of fused-ring (bicyclic) bond motifs is 1. The van der Waals surface area contributed by atoms with Crippen LogP contribution < -0.4 is 5.32 Å². The Morgan fingerprint density at radius 1 is 1.35 bits per heavy atom. The molecular weight excluding hydrogens is 334 g/mol. The summed E-state index contributed by atoms with van der Waals surface area (Å²) in [6.45, 7) is 5.13. The van der Waals surface area contributed by atoms with E-state index in [4.69, 9.17) is 4.42 Å². The van der Waals surface area contributed by atoms with E-state index in [1.165, 1.54) is 15.8 Å². The number of nitrogens with one attached hydrogen (secondary N) is 1. The molecule has 0 aliphatic carbocycles. The minimum atomic E-state index is 0.197. The van der Waals surface area contributed by atoms with Gasteiger partial charge in [-0.1, -0.05) is 18.2 Å². The van der Waals surface area contributed by atoms with Crippen LogP contribution in [0.1, 0.15) is 29.2 Å². The van der Waals surface area contributed by atoms with Crippen molar-refractivity contribution in [2.75, 3.05) is 0 Å². The number of benzene rings is 1. The SMILES string of the molecule is Cc1c(C(C)NCc2cc(Br)cs2)oc2ccccc12. The van der Waals surface area contributed by atoms with Crippen LogP contribution in [0.3, 0.4) is 0 Å². The Bertz CT molecular complexity index is 731. The normalized spacial score (nSPS) is 12.9. The van der Waals surface area contributed by atoms with Crippen molar-refractivity contribution in [3.8, 4) is 0 Å². The third kappa shape index (κ3) is 2.68. The Labute approximate surface area is 130 Å². The second kappa shape index (κ2) is 5.72. The molecule has 0 radical (unpaired) electrons. The molecule has 1 atom stereocenters. The molecule has 0 bridgehead atoms. The van der Waals surface area contributed by atoms with E-state index in [0.29, 0.717) is 0 Å². The molecule has 0 amide bonds. The first-order chi connectivity index (χ1) is 9.65. The number of hydrogen-bond acceptors (Lipinski definition) is 3. The molecule has 0 spiro atoms. The topological polar surface area (TPSA) is 25.2 Å². The van der Waals surface area contributed by atoms with Crippen molar-refractivity contribution >= 4 is 38.2 Å². The van der Waals surface area contributed by atoms with Crippen LogP contribution in [0.5, 0.6) is 0 Å². The average Bonchev–Trinajstić information content (AvgIpc) is 3.01. The van der Waals surface area contributed by atoms with Crippen LogP contribution in [0.4, 0.5) is 0 Å². The van der Waals surface area contributed by atoms with E-state index in [0.717, 1.165) is 22.4 Å². The Hall–Kier alpha value is -1.10. The summed E-state index contributed by atoms with van der Waals surface area (Å²) in [5, 5.41) is 6.84. The predicted molar refractivity (Wildman–Crippen MR) is 88.2 cm³/mol. The Morgan fingerprint density at radius 3 is 2.85 bits per heavy atom. The maximum absolute atomic E-state index is 5.99. The molecule has 104 valence electrons. The zero-order chi connectivity index (χ0) is 14.1. The standard InChI is InChI=1S/C16H16BrNOS/c1-10-14-5-3-4-6-15(14)19-16(10)11(2)18-8-13-7-12(17)9-20-13/h3-7,9,11,18H,8H2,1-2H3. The van der Waals surface area contributed by atoms with Crippen molar-refractivity contribution in [3.63, 3.8) is 0 Å². The highest BCUT2D eigenvalue weighted by atomic mass is 79.9. The molecule has 4 heteroatoms. The first kappa shape index (κ1) is 13.9. The first-order valence-corrected chi connectivity index (χ1v) is 8.26. The molecule has 0 fully saturated rings. The Kier molecular flexibility index (Phi) is 3.96. The van der Waals surface area contributed by atoms with Gasteiger partial charge in [-0.2, -0.15) is 0 Å². The van der Waals surface area contributed by atoms with Crippen LogP contribution in [-0.2, 0) is 6.54 Å². The zero-order valence-electron chi connectivity index (χ0n) is 11.4. The summed E-state index contributed by atoms with van der Waals surface area (Å²) in [4.78, 5) is 1.32. The van der Waals surface area contributed by atoms with Gasteiger partial charge < -0.3 is 9.73 Å². The highest BCUT2D eigenvalue weighted by molar-refractivity contribution is 9.10. The highest BCUT2D eigenvalue weighted by Gasteiger charge is 2.16. The maximum atomic E-state index is 5.99. The summed E-state index contributed by atoms with van der Waals surface area (Å²) in [5.41, 5.74) is 2.19. The molecule has 0 aliphatic heterocycles. The van der Waals surface area contributed by atoms with Gasteiger partial charge in [0.05, 0.1) is 6.04 Å². The monoisotopic (exact) mass is 349 g/mol. The first-order valence-electron chi connectivity index (χ1n) is 6.59.